The SMILES string of the molecule is Cc1ccc(F)cc1-c1nnc(CNCC(C)C)s1. The van der Waals surface area contributed by atoms with Gasteiger partial charge in [0.2, 0.25) is 0 Å². The van der Waals surface area contributed by atoms with E-state index in [9.17, 15) is 4.39 Å². The molecule has 0 amide bonds. The zero-order chi connectivity index (χ0) is 13.8. The Bertz CT molecular complexity index is 551. The highest BCUT2D eigenvalue weighted by molar-refractivity contribution is 7.14. The molecule has 5 heteroatoms. The van der Waals surface area contributed by atoms with Crippen LogP contribution in [0.5, 0.6) is 0 Å². The van der Waals surface area contributed by atoms with Gasteiger partial charge < -0.3 is 5.32 Å². The van der Waals surface area contributed by atoms with Crippen LogP contribution in [0, 0.1) is 18.7 Å². The van der Waals surface area contributed by atoms with Gasteiger partial charge in [0.05, 0.1) is 0 Å². The lowest BCUT2D eigenvalue weighted by Gasteiger charge is -2.04. The van der Waals surface area contributed by atoms with Gasteiger partial charge in [0.25, 0.3) is 0 Å². The highest BCUT2D eigenvalue weighted by Gasteiger charge is 2.10. The largest absolute Gasteiger partial charge is 0.310 e. The summed E-state index contributed by atoms with van der Waals surface area (Å²) in [5.41, 5.74) is 1.84. The summed E-state index contributed by atoms with van der Waals surface area (Å²) in [6.45, 7) is 7.94. The van der Waals surface area contributed by atoms with E-state index in [4.69, 9.17) is 0 Å². The van der Waals surface area contributed by atoms with Crippen LogP contribution < -0.4 is 5.32 Å². The predicted octanol–water partition coefficient (Wildman–Crippen LogP) is 3.40. The summed E-state index contributed by atoms with van der Waals surface area (Å²) in [5, 5.41) is 13.3. The van der Waals surface area contributed by atoms with Crippen LogP contribution in [0.2, 0.25) is 0 Å². The Kier molecular flexibility index (Phi) is 4.61. The summed E-state index contributed by atoms with van der Waals surface area (Å²) in [6.07, 6.45) is 0. The molecule has 0 aliphatic rings. The van der Waals surface area contributed by atoms with Crippen molar-refractivity contribution in [1.29, 1.82) is 0 Å². The number of nitrogens with zero attached hydrogens (tertiary/aromatic N) is 2. The number of nitrogens with one attached hydrogen (secondary N) is 1. The maximum absolute atomic E-state index is 13.3. The second kappa shape index (κ2) is 6.21. The van der Waals surface area contributed by atoms with Gasteiger partial charge in [-0.05, 0) is 37.1 Å². The molecule has 1 N–H and O–H groups in total. The molecule has 2 aromatic rings. The van der Waals surface area contributed by atoms with E-state index in [0.29, 0.717) is 12.5 Å². The van der Waals surface area contributed by atoms with E-state index in [1.165, 1.54) is 23.5 Å². The fraction of sp³-hybridized carbons (Fsp3) is 0.429. The molecule has 0 fully saturated rings. The molecule has 0 atom stereocenters. The van der Waals surface area contributed by atoms with Crippen molar-refractivity contribution in [1.82, 2.24) is 15.5 Å². The lowest BCUT2D eigenvalue weighted by Crippen LogP contribution is -2.18. The van der Waals surface area contributed by atoms with Gasteiger partial charge in [0.15, 0.2) is 0 Å². The van der Waals surface area contributed by atoms with E-state index in [1.54, 1.807) is 6.07 Å². The Morgan fingerprint density at radius 1 is 1.32 bits per heavy atom. The number of halogens is 1. The van der Waals surface area contributed by atoms with Crippen LogP contribution in [-0.2, 0) is 6.54 Å². The first-order chi connectivity index (χ1) is 9.06. The van der Waals surface area contributed by atoms with Gasteiger partial charge in [-0.2, -0.15) is 0 Å². The molecule has 0 unspecified atom stereocenters. The summed E-state index contributed by atoms with van der Waals surface area (Å²) in [4.78, 5) is 0. The zero-order valence-electron chi connectivity index (χ0n) is 11.4. The number of aromatic nitrogens is 2. The molecule has 2 rings (SSSR count). The Morgan fingerprint density at radius 3 is 2.84 bits per heavy atom. The first kappa shape index (κ1) is 14.1. The summed E-state index contributed by atoms with van der Waals surface area (Å²) in [6, 6.07) is 4.74. The van der Waals surface area contributed by atoms with Crippen molar-refractivity contribution < 1.29 is 4.39 Å². The molecule has 0 bridgehead atoms. The van der Waals surface area contributed by atoms with Crippen LogP contribution in [0.3, 0.4) is 0 Å². The van der Waals surface area contributed by atoms with Crippen molar-refractivity contribution in [2.75, 3.05) is 6.54 Å². The Balaban J connectivity index is 2.10. The fourth-order valence-corrected chi connectivity index (χ4v) is 2.62. The summed E-state index contributed by atoms with van der Waals surface area (Å²) >= 11 is 1.51. The normalized spacial score (nSPS) is 11.2. The molecular formula is C14H18FN3S. The molecule has 0 radical (unpaired) electrons. The van der Waals surface area contributed by atoms with Gasteiger partial charge in [0, 0.05) is 12.1 Å². The zero-order valence-corrected chi connectivity index (χ0v) is 12.2. The number of hydrogen-bond acceptors (Lipinski definition) is 4. The van der Waals surface area contributed by atoms with E-state index in [2.05, 4.69) is 29.4 Å². The quantitative estimate of drug-likeness (QED) is 0.911. The Labute approximate surface area is 116 Å². The minimum absolute atomic E-state index is 0.240. The first-order valence-corrected chi connectivity index (χ1v) is 7.17. The predicted molar refractivity (Wildman–Crippen MR) is 76.6 cm³/mol. The van der Waals surface area contributed by atoms with Crippen LogP contribution in [0.1, 0.15) is 24.4 Å². The minimum Gasteiger partial charge on any atom is -0.310 e. The molecule has 102 valence electrons. The average Bonchev–Trinajstić information content (AvgIpc) is 2.80. The Hall–Kier alpha value is -1.33. The molecule has 0 saturated carbocycles. The number of benzene rings is 1. The summed E-state index contributed by atoms with van der Waals surface area (Å²) < 4.78 is 13.3. The molecule has 0 aliphatic heterocycles. The standard InChI is InChI=1S/C14H18FN3S/c1-9(2)7-16-8-13-17-18-14(19-13)12-6-11(15)5-4-10(12)3/h4-6,9,16H,7-8H2,1-3H3. The van der Waals surface area contributed by atoms with Gasteiger partial charge in [-0.25, -0.2) is 4.39 Å². The van der Waals surface area contributed by atoms with E-state index < -0.39 is 0 Å². The van der Waals surface area contributed by atoms with Crippen molar-refractivity contribution in [3.63, 3.8) is 0 Å². The smallest absolute Gasteiger partial charge is 0.148 e. The molecule has 1 heterocycles. The monoisotopic (exact) mass is 279 g/mol. The summed E-state index contributed by atoms with van der Waals surface area (Å²) in [5.74, 6) is 0.369. The van der Waals surface area contributed by atoms with Gasteiger partial charge in [-0.15, -0.1) is 10.2 Å². The third-order valence-electron chi connectivity index (χ3n) is 2.73. The second-order valence-corrected chi connectivity index (χ2v) is 6.05. The van der Waals surface area contributed by atoms with Crippen molar-refractivity contribution >= 4 is 11.3 Å². The van der Waals surface area contributed by atoms with E-state index in [-0.39, 0.29) is 5.82 Å². The maximum atomic E-state index is 13.3. The third kappa shape index (κ3) is 3.81. The molecule has 0 spiro atoms. The van der Waals surface area contributed by atoms with Gasteiger partial charge in [-0.3, -0.25) is 0 Å². The fourth-order valence-electron chi connectivity index (χ4n) is 1.73. The van der Waals surface area contributed by atoms with Crippen LogP contribution in [0.15, 0.2) is 18.2 Å². The van der Waals surface area contributed by atoms with E-state index in [0.717, 1.165) is 27.7 Å². The van der Waals surface area contributed by atoms with Crippen molar-refractivity contribution in [3.8, 4) is 10.6 Å². The third-order valence-corrected chi connectivity index (χ3v) is 3.68. The number of aryl methyl sites for hydroxylation is 1. The van der Waals surface area contributed by atoms with Gasteiger partial charge in [0.1, 0.15) is 15.8 Å². The lowest BCUT2D eigenvalue weighted by atomic mass is 10.1. The molecule has 1 aromatic heterocycles. The van der Waals surface area contributed by atoms with Crippen LogP contribution in [-0.4, -0.2) is 16.7 Å². The van der Waals surface area contributed by atoms with Crippen molar-refractivity contribution in [3.05, 3.63) is 34.6 Å². The van der Waals surface area contributed by atoms with Gasteiger partial charge >= 0.3 is 0 Å². The topological polar surface area (TPSA) is 37.8 Å². The number of hydrogen-bond donors (Lipinski definition) is 1. The molecule has 0 aliphatic carbocycles. The number of rotatable bonds is 5. The minimum atomic E-state index is -0.240. The summed E-state index contributed by atoms with van der Waals surface area (Å²) in [7, 11) is 0. The van der Waals surface area contributed by atoms with Gasteiger partial charge in [-0.1, -0.05) is 31.3 Å². The lowest BCUT2D eigenvalue weighted by molar-refractivity contribution is 0.550. The first-order valence-electron chi connectivity index (χ1n) is 6.36. The average molecular weight is 279 g/mol. The molecule has 3 nitrogen and oxygen atoms in total. The van der Waals surface area contributed by atoms with Crippen LogP contribution >= 0.6 is 11.3 Å². The molecule has 0 saturated heterocycles. The van der Waals surface area contributed by atoms with E-state index >= 15 is 0 Å². The molecule has 19 heavy (non-hydrogen) atoms. The second-order valence-electron chi connectivity index (χ2n) is 4.98. The highest BCUT2D eigenvalue weighted by atomic mass is 32.1. The highest BCUT2D eigenvalue weighted by Crippen LogP contribution is 2.27. The van der Waals surface area contributed by atoms with Crippen molar-refractivity contribution in [2.24, 2.45) is 5.92 Å². The van der Waals surface area contributed by atoms with Crippen LogP contribution in [0.25, 0.3) is 10.6 Å². The Morgan fingerprint density at radius 2 is 2.11 bits per heavy atom. The molecular weight excluding hydrogens is 261 g/mol. The maximum Gasteiger partial charge on any atom is 0.148 e. The van der Waals surface area contributed by atoms with Crippen molar-refractivity contribution in [2.45, 2.75) is 27.3 Å². The molecule has 1 aromatic carbocycles. The van der Waals surface area contributed by atoms with Crippen LogP contribution in [0.4, 0.5) is 4.39 Å². The van der Waals surface area contributed by atoms with E-state index in [1.807, 2.05) is 6.92 Å².